The highest BCUT2D eigenvalue weighted by molar-refractivity contribution is 5.90. The van der Waals surface area contributed by atoms with Crippen LogP contribution in [-0.4, -0.2) is 43.2 Å². The molecule has 0 spiro atoms. The lowest BCUT2D eigenvalue weighted by Crippen LogP contribution is -2.36. The number of aromatic nitrogens is 1. The molecule has 0 unspecified atom stereocenters. The van der Waals surface area contributed by atoms with Gasteiger partial charge in [0.25, 0.3) is 0 Å². The van der Waals surface area contributed by atoms with Gasteiger partial charge in [0.1, 0.15) is 11.4 Å². The first-order valence-electron chi connectivity index (χ1n) is 7.44. The minimum absolute atomic E-state index is 0.0454. The van der Waals surface area contributed by atoms with E-state index in [1.54, 1.807) is 24.6 Å². The Labute approximate surface area is 135 Å². The van der Waals surface area contributed by atoms with Crippen molar-refractivity contribution in [2.24, 2.45) is 0 Å². The van der Waals surface area contributed by atoms with E-state index in [1.807, 2.05) is 38.1 Å². The molecule has 0 radical (unpaired) electrons. The zero-order valence-electron chi connectivity index (χ0n) is 13.6. The maximum atomic E-state index is 12.1. The normalized spacial score (nSPS) is 12.0. The first kappa shape index (κ1) is 16.8. The Kier molecular flexibility index (Phi) is 5.99. The highest BCUT2D eigenvalue weighted by Gasteiger charge is 2.18. The molecule has 7 nitrogen and oxygen atoms in total. The average molecular weight is 318 g/mol. The quantitative estimate of drug-likeness (QED) is 0.820. The van der Waals surface area contributed by atoms with Crippen LogP contribution in [0.15, 0.2) is 41.1 Å². The van der Waals surface area contributed by atoms with Crippen LogP contribution in [0.25, 0.3) is 0 Å². The van der Waals surface area contributed by atoms with Gasteiger partial charge in [0, 0.05) is 12.7 Å². The predicted molar refractivity (Wildman–Crippen MR) is 87.6 cm³/mol. The summed E-state index contributed by atoms with van der Waals surface area (Å²) in [4.78, 5) is 18.2. The number of carbonyl (C=O) groups is 1. The van der Waals surface area contributed by atoms with E-state index in [-0.39, 0.29) is 12.1 Å². The van der Waals surface area contributed by atoms with E-state index >= 15 is 0 Å². The predicted octanol–water partition coefficient (Wildman–Crippen LogP) is 2.50. The molecule has 0 aliphatic carbocycles. The molecule has 0 aliphatic rings. The summed E-state index contributed by atoms with van der Waals surface area (Å²) in [7, 11) is 3.86. The van der Waals surface area contributed by atoms with Crippen LogP contribution in [0.2, 0.25) is 0 Å². The third-order valence-electron chi connectivity index (χ3n) is 3.25. The van der Waals surface area contributed by atoms with Crippen LogP contribution in [0, 0.1) is 0 Å². The molecule has 0 aromatic carbocycles. The van der Waals surface area contributed by atoms with E-state index in [0.29, 0.717) is 24.7 Å². The second kappa shape index (κ2) is 8.19. The zero-order valence-corrected chi connectivity index (χ0v) is 13.6. The number of hydrogen-bond donors (Lipinski definition) is 2. The summed E-state index contributed by atoms with van der Waals surface area (Å²) in [5.41, 5.74) is 0.534. The lowest BCUT2D eigenvalue weighted by molar-refractivity contribution is 0.233. The number of hydrogen-bond acceptors (Lipinski definition) is 5. The van der Waals surface area contributed by atoms with Crippen molar-refractivity contribution >= 4 is 11.7 Å². The molecule has 2 N–H and O–H groups in total. The Balaban J connectivity index is 1.94. The molecule has 0 aliphatic heterocycles. The van der Waals surface area contributed by atoms with Crippen LogP contribution >= 0.6 is 0 Å². The van der Waals surface area contributed by atoms with Crippen molar-refractivity contribution in [2.75, 3.05) is 32.6 Å². The van der Waals surface area contributed by atoms with Gasteiger partial charge in [-0.05, 0) is 45.3 Å². The third-order valence-corrected chi connectivity index (χ3v) is 3.25. The standard InChI is InChI=1S/C16H22N4O3/c1-4-22-15-12(7-5-9-17-15)19-16(21)18-11-13(20(2)3)14-8-6-10-23-14/h5-10,13H,4,11H2,1-3H3,(H2,18,19,21)/t13-/m0/s1. The first-order valence-corrected chi connectivity index (χ1v) is 7.44. The van der Waals surface area contributed by atoms with Gasteiger partial charge in [-0.25, -0.2) is 9.78 Å². The van der Waals surface area contributed by atoms with E-state index in [4.69, 9.17) is 9.15 Å². The van der Waals surface area contributed by atoms with Gasteiger partial charge in [0.15, 0.2) is 0 Å². The molecule has 2 heterocycles. The summed E-state index contributed by atoms with van der Waals surface area (Å²) < 4.78 is 10.8. The molecule has 1 atom stereocenters. The number of carbonyl (C=O) groups excluding carboxylic acids is 1. The Hall–Kier alpha value is -2.54. The summed E-state index contributed by atoms with van der Waals surface area (Å²) in [5, 5.41) is 5.58. The number of ether oxygens (including phenoxy) is 1. The van der Waals surface area contributed by atoms with E-state index in [0.717, 1.165) is 5.76 Å². The van der Waals surface area contributed by atoms with E-state index in [1.165, 1.54) is 0 Å². The topological polar surface area (TPSA) is 79.6 Å². The van der Waals surface area contributed by atoms with Gasteiger partial charge in [-0.1, -0.05) is 0 Å². The molecular weight excluding hydrogens is 296 g/mol. The maximum Gasteiger partial charge on any atom is 0.319 e. The second-order valence-electron chi connectivity index (χ2n) is 5.12. The fraction of sp³-hybridized carbons (Fsp3) is 0.375. The lowest BCUT2D eigenvalue weighted by atomic mass is 10.2. The number of nitrogens with zero attached hydrogens (tertiary/aromatic N) is 2. The molecule has 0 fully saturated rings. The fourth-order valence-corrected chi connectivity index (χ4v) is 2.11. The lowest BCUT2D eigenvalue weighted by Gasteiger charge is -2.22. The van der Waals surface area contributed by atoms with Crippen molar-refractivity contribution in [2.45, 2.75) is 13.0 Å². The smallest absolute Gasteiger partial charge is 0.319 e. The van der Waals surface area contributed by atoms with Crippen molar-refractivity contribution in [1.82, 2.24) is 15.2 Å². The van der Waals surface area contributed by atoms with Crippen molar-refractivity contribution in [3.63, 3.8) is 0 Å². The molecule has 2 aromatic heterocycles. The van der Waals surface area contributed by atoms with Crippen molar-refractivity contribution < 1.29 is 13.9 Å². The Bertz CT molecular complexity index is 614. The number of anilines is 1. The minimum Gasteiger partial charge on any atom is -0.476 e. The second-order valence-corrected chi connectivity index (χ2v) is 5.12. The summed E-state index contributed by atoms with van der Waals surface area (Å²) in [6, 6.07) is 6.83. The Morgan fingerprint density at radius 3 is 2.87 bits per heavy atom. The molecule has 0 bridgehead atoms. The van der Waals surface area contributed by atoms with Gasteiger partial charge in [-0.15, -0.1) is 0 Å². The van der Waals surface area contributed by atoms with Crippen LogP contribution < -0.4 is 15.4 Å². The highest BCUT2D eigenvalue weighted by Crippen LogP contribution is 2.21. The SMILES string of the molecule is CCOc1ncccc1NC(=O)NC[C@@H](c1ccco1)N(C)C. The fourth-order valence-electron chi connectivity index (χ4n) is 2.11. The van der Waals surface area contributed by atoms with Crippen LogP contribution in [0.3, 0.4) is 0 Å². The molecule has 124 valence electrons. The van der Waals surface area contributed by atoms with Gasteiger partial charge < -0.3 is 19.8 Å². The summed E-state index contributed by atoms with van der Waals surface area (Å²) >= 11 is 0. The summed E-state index contributed by atoms with van der Waals surface area (Å²) in [6.45, 7) is 2.76. The highest BCUT2D eigenvalue weighted by atomic mass is 16.5. The van der Waals surface area contributed by atoms with Crippen molar-refractivity contribution in [1.29, 1.82) is 0 Å². The average Bonchev–Trinajstić information content (AvgIpc) is 3.03. The molecular formula is C16H22N4O3. The molecule has 0 saturated heterocycles. The van der Waals surface area contributed by atoms with Crippen molar-refractivity contribution in [3.8, 4) is 5.88 Å². The van der Waals surface area contributed by atoms with Crippen molar-refractivity contribution in [3.05, 3.63) is 42.5 Å². The van der Waals surface area contributed by atoms with Crippen LogP contribution in [-0.2, 0) is 0 Å². The number of urea groups is 1. The zero-order chi connectivity index (χ0) is 16.7. The molecule has 2 amide bonds. The van der Waals surface area contributed by atoms with Gasteiger partial charge in [0.2, 0.25) is 5.88 Å². The molecule has 23 heavy (non-hydrogen) atoms. The van der Waals surface area contributed by atoms with Gasteiger partial charge in [0.05, 0.1) is 18.9 Å². The molecule has 0 saturated carbocycles. The van der Waals surface area contributed by atoms with E-state index in [2.05, 4.69) is 15.6 Å². The number of furan rings is 1. The number of pyridine rings is 1. The van der Waals surface area contributed by atoms with E-state index in [9.17, 15) is 4.79 Å². The van der Waals surface area contributed by atoms with E-state index < -0.39 is 0 Å². The monoisotopic (exact) mass is 318 g/mol. The first-order chi connectivity index (χ1) is 11.1. The molecule has 2 aromatic rings. The number of nitrogens with one attached hydrogen (secondary N) is 2. The third kappa shape index (κ3) is 4.72. The summed E-state index contributed by atoms with van der Waals surface area (Å²) in [6.07, 6.45) is 3.24. The Morgan fingerprint density at radius 1 is 1.39 bits per heavy atom. The number of amides is 2. The van der Waals surface area contributed by atoms with Gasteiger partial charge >= 0.3 is 6.03 Å². The maximum absolute atomic E-state index is 12.1. The molecule has 2 rings (SSSR count). The Morgan fingerprint density at radius 2 is 2.22 bits per heavy atom. The van der Waals surface area contributed by atoms with Gasteiger partial charge in [-0.2, -0.15) is 0 Å². The van der Waals surface area contributed by atoms with Crippen LogP contribution in [0.5, 0.6) is 5.88 Å². The molecule has 7 heteroatoms. The summed E-state index contributed by atoms with van der Waals surface area (Å²) in [5.74, 6) is 1.20. The largest absolute Gasteiger partial charge is 0.476 e. The van der Waals surface area contributed by atoms with Crippen LogP contribution in [0.1, 0.15) is 18.7 Å². The number of rotatable bonds is 7. The van der Waals surface area contributed by atoms with Crippen LogP contribution in [0.4, 0.5) is 10.5 Å². The minimum atomic E-state index is -0.322. The number of likely N-dealkylation sites (N-methyl/N-ethyl adjacent to an activating group) is 1. The van der Waals surface area contributed by atoms with Gasteiger partial charge in [-0.3, -0.25) is 4.90 Å².